The molecule has 3 aromatic carbocycles. The molecule has 0 radical (unpaired) electrons. The summed E-state index contributed by atoms with van der Waals surface area (Å²) in [5, 5.41) is 1.76. The first-order valence-electron chi connectivity index (χ1n) is 12.1. The average molecular weight is 524 g/mol. The number of hydrogen-bond acceptors (Lipinski definition) is 5. The zero-order valence-corrected chi connectivity index (χ0v) is 21.6. The molecule has 0 saturated heterocycles. The molecule has 198 valence electrons. The van der Waals surface area contributed by atoms with E-state index in [-0.39, 0.29) is 13.2 Å². The number of carbonyl (C=O) groups excluding carboxylic acids is 1. The number of nitrogens with zero attached hydrogens (tertiary/aromatic N) is 1. The third-order valence-corrected chi connectivity index (χ3v) is 6.02. The van der Waals surface area contributed by atoms with Gasteiger partial charge in [0.15, 0.2) is 5.60 Å². The standard InChI is InChI=1S/C30H28F3NO4/c1-5-36-28(35)29(3,4)38-24-16-21-8-6-7-9-25(21)27(17-24)37-18-22-12-15-26(34-19(22)2)20-10-13-23(14-11-20)30(31,32)33/h6-17H,5,18H2,1-4H3. The van der Waals surface area contributed by atoms with E-state index in [1.165, 1.54) is 12.1 Å². The van der Waals surface area contributed by atoms with Gasteiger partial charge in [0.1, 0.15) is 18.1 Å². The van der Waals surface area contributed by atoms with Crippen molar-refractivity contribution in [3.05, 3.63) is 89.6 Å². The third kappa shape index (κ3) is 6.07. The molecule has 0 saturated carbocycles. The number of halogens is 3. The minimum Gasteiger partial charge on any atom is -0.488 e. The van der Waals surface area contributed by atoms with Gasteiger partial charge in [-0.2, -0.15) is 13.2 Å². The van der Waals surface area contributed by atoms with Gasteiger partial charge in [-0.1, -0.05) is 42.5 Å². The van der Waals surface area contributed by atoms with Crippen LogP contribution in [0.5, 0.6) is 11.5 Å². The summed E-state index contributed by atoms with van der Waals surface area (Å²) in [5.74, 6) is 0.568. The fourth-order valence-electron chi connectivity index (χ4n) is 3.96. The fraction of sp³-hybridized carbons (Fsp3) is 0.267. The summed E-state index contributed by atoms with van der Waals surface area (Å²) < 4.78 is 55.9. The number of hydrogen-bond donors (Lipinski definition) is 0. The molecule has 0 atom stereocenters. The van der Waals surface area contributed by atoms with E-state index in [9.17, 15) is 18.0 Å². The number of ether oxygens (including phenoxy) is 3. The molecule has 8 heteroatoms. The second-order valence-electron chi connectivity index (χ2n) is 9.28. The highest BCUT2D eigenvalue weighted by molar-refractivity contribution is 5.90. The lowest BCUT2D eigenvalue weighted by atomic mass is 10.1. The minimum absolute atomic E-state index is 0.209. The maximum atomic E-state index is 12.9. The van der Waals surface area contributed by atoms with Crippen LogP contribution < -0.4 is 9.47 Å². The molecule has 0 amide bonds. The molecule has 0 spiro atoms. The summed E-state index contributed by atoms with van der Waals surface area (Å²) in [6.45, 7) is 7.32. The van der Waals surface area contributed by atoms with Gasteiger partial charge in [-0.3, -0.25) is 4.98 Å². The number of benzene rings is 3. The molecule has 38 heavy (non-hydrogen) atoms. The molecule has 0 bridgehead atoms. The summed E-state index contributed by atoms with van der Waals surface area (Å²) in [5.41, 5.74) is 0.790. The van der Waals surface area contributed by atoms with Crippen molar-refractivity contribution in [2.45, 2.75) is 46.1 Å². The molecule has 4 aromatic rings. The Morgan fingerprint density at radius 3 is 2.32 bits per heavy atom. The van der Waals surface area contributed by atoms with Gasteiger partial charge in [0.25, 0.3) is 0 Å². The lowest BCUT2D eigenvalue weighted by molar-refractivity contribution is -0.158. The number of carbonyl (C=O) groups is 1. The van der Waals surface area contributed by atoms with Gasteiger partial charge in [0.05, 0.1) is 17.9 Å². The van der Waals surface area contributed by atoms with Gasteiger partial charge in [0, 0.05) is 28.3 Å². The Morgan fingerprint density at radius 1 is 0.947 bits per heavy atom. The average Bonchev–Trinajstić information content (AvgIpc) is 2.87. The topological polar surface area (TPSA) is 57.7 Å². The Hall–Kier alpha value is -4.07. The number of aryl methyl sites for hydroxylation is 1. The van der Waals surface area contributed by atoms with E-state index in [4.69, 9.17) is 14.2 Å². The van der Waals surface area contributed by atoms with Crippen LogP contribution >= 0.6 is 0 Å². The fourth-order valence-corrected chi connectivity index (χ4v) is 3.96. The summed E-state index contributed by atoms with van der Waals surface area (Å²) in [6, 6.07) is 19.8. The molecule has 1 aromatic heterocycles. The Labute approximate surface area is 219 Å². The Balaban J connectivity index is 1.56. The molecule has 1 heterocycles. The maximum Gasteiger partial charge on any atom is 0.416 e. The number of alkyl halides is 3. The van der Waals surface area contributed by atoms with Crippen LogP contribution in [0.25, 0.3) is 22.0 Å². The quantitative estimate of drug-likeness (QED) is 0.224. The largest absolute Gasteiger partial charge is 0.488 e. The van der Waals surface area contributed by atoms with Crippen molar-refractivity contribution in [2.24, 2.45) is 0 Å². The van der Waals surface area contributed by atoms with Crippen LogP contribution in [-0.2, 0) is 22.3 Å². The van der Waals surface area contributed by atoms with Crippen LogP contribution in [-0.4, -0.2) is 23.2 Å². The van der Waals surface area contributed by atoms with E-state index in [1.54, 1.807) is 32.9 Å². The first kappa shape index (κ1) is 27.0. The van der Waals surface area contributed by atoms with Gasteiger partial charge in [-0.05, 0) is 57.3 Å². The summed E-state index contributed by atoms with van der Waals surface area (Å²) in [7, 11) is 0. The van der Waals surface area contributed by atoms with Gasteiger partial charge >= 0.3 is 12.1 Å². The van der Waals surface area contributed by atoms with Crippen LogP contribution in [0.15, 0.2) is 72.8 Å². The molecule has 0 unspecified atom stereocenters. The maximum absolute atomic E-state index is 12.9. The number of aromatic nitrogens is 1. The van der Waals surface area contributed by atoms with Gasteiger partial charge in [-0.25, -0.2) is 4.79 Å². The van der Waals surface area contributed by atoms with E-state index in [2.05, 4.69) is 4.98 Å². The summed E-state index contributed by atoms with van der Waals surface area (Å²) in [6.07, 6.45) is -4.38. The van der Waals surface area contributed by atoms with Gasteiger partial charge < -0.3 is 14.2 Å². The number of esters is 1. The molecule has 0 aliphatic heterocycles. The molecular weight excluding hydrogens is 495 g/mol. The minimum atomic E-state index is -4.38. The molecule has 0 aliphatic carbocycles. The van der Waals surface area contributed by atoms with Gasteiger partial charge in [0.2, 0.25) is 0 Å². The first-order valence-corrected chi connectivity index (χ1v) is 12.1. The number of fused-ring (bicyclic) bond motifs is 1. The van der Waals surface area contributed by atoms with E-state index in [1.807, 2.05) is 43.3 Å². The van der Waals surface area contributed by atoms with Crippen molar-refractivity contribution >= 4 is 16.7 Å². The van der Waals surface area contributed by atoms with E-state index < -0.39 is 23.3 Å². The Morgan fingerprint density at radius 2 is 1.66 bits per heavy atom. The SMILES string of the molecule is CCOC(=O)C(C)(C)Oc1cc(OCc2ccc(-c3ccc(C(F)(F)F)cc3)nc2C)c2ccccc2c1. The summed E-state index contributed by atoms with van der Waals surface area (Å²) >= 11 is 0. The second-order valence-corrected chi connectivity index (χ2v) is 9.28. The first-order chi connectivity index (χ1) is 18.0. The molecule has 5 nitrogen and oxygen atoms in total. The van der Waals surface area contributed by atoms with Crippen LogP contribution in [0.4, 0.5) is 13.2 Å². The highest BCUT2D eigenvalue weighted by Gasteiger charge is 2.32. The van der Waals surface area contributed by atoms with E-state index in [0.717, 1.165) is 28.5 Å². The highest BCUT2D eigenvalue weighted by atomic mass is 19.4. The van der Waals surface area contributed by atoms with Crippen molar-refractivity contribution in [2.75, 3.05) is 6.61 Å². The zero-order valence-electron chi connectivity index (χ0n) is 21.6. The van der Waals surface area contributed by atoms with Crippen LogP contribution in [0, 0.1) is 6.92 Å². The number of pyridine rings is 1. The van der Waals surface area contributed by atoms with E-state index in [0.29, 0.717) is 28.5 Å². The monoisotopic (exact) mass is 523 g/mol. The van der Waals surface area contributed by atoms with Crippen molar-refractivity contribution in [3.8, 4) is 22.8 Å². The van der Waals surface area contributed by atoms with Crippen molar-refractivity contribution in [1.82, 2.24) is 4.98 Å². The zero-order chi connectivity index (χ0) is 27.5. The Kier molecular flexibility index (Phi) is 7.62. The molecule has 0 aliphatic rings. The smallest absolute Gasteiger partial charge is 0.416 e. The molecule has 0 fully saturated rings. The normalized spacial score (nSPS) is 11.9. The number of rotatable bonds is 8. The predicted octanol–water partition coefficient (Wildman–Crippen LogP) is 7.53. The van der Waals surface area contributed by atoms with Gasteiger partial charge in [-0.15, -0.1) is 0 Å². The molecular formula is C30H28F3NO4. The summed E-state index contributed by atoms with van der Waals surface area (Å²) in [4.78, 5) is 16.9. The van der Waals surface area contributed by atoms with Crippen LogP contribution in [0.1, 0.15) is 37.6 Å². The second kappa shape index (κ2) is 10.7. The lowest BCUT2D eigenvalue weighted by Crippen LogP contribution is -2.39. The van der Waals surface area contributed by atoms with E-state index >= 15 is 0 Å². The third-order valence-electron chi connectivity index (χ3n) is 6.02. The predicted molar refractivity (Wildman–Crippen MR) is 139 cm³/mol. The lowest BCUT2D eigenvalue weighted by Gasteiger charge is -2.24. The van der Waals surface area contributed by atoms with Crippen LogP contribution in [0.2, 0.25) is 0 Å². The van der Waals surface area contributed by atoms with Crippen molar-refractivity contribution in [3.63, 3.8) is 0 Å². The van der Waals surface area contributed by atoms with Crippen molar-refractivity contribution < 1.29 is 32.2 Å². The Bertz CT molecular complexity index is 1450. The molecule has 4 rings (SSSR count). The highest BCUT2D eigenvalue weighted by Crippen LogP contribution is 2.34. The van der Waals surface area contributed by atoms with Crippen LogP contribution in [0.3, 0.4) is 0 Å². The molecule has 0 N–H and O–H groups in total. The van der Waals surface area contributed by atoms with Crippen molar-refractivity contribution in [1.29, 1.82) is 0 Å².